The molecule has 0 saturated heterocycles. The average molecular weight is 265 g/mol. The molecule has 0 atom stereocenters. The van der Waals surface area contributed by atoms with E-state index in [0.717, 1.165) is 16.9 Å². The van der Waals surface area contributed by atoms with Crippen LogP contribution in [0.3, 0.4) is 0 Å². The third-order valence-electron chi connectivity index (χ3n) is 2.44. The fraction of sp³-hybridized carbons (Fsp3) is 0.0769. The van der Waals surface area contributed by atoms with E-state index in [1.165, 1.54) is 0 Å². The minimum atomic E-state index is 0. The molecule has 0 spiro atoms. The van der Waals surface area contributed by atoms with E-state index in [2.05, 4.69) is 5.32 Å². The molecule has 5 heteroatoms. The first-order valence-electron chi connectivity index (χ1n) is 5.38. The number of nitrogens with one attached hydrogen (secondary N) is 1. The van der Waals surface area contributed by atoms with Crippen LogP contribution in [-0.4, -0.2) is 0 Å². The van der Waals surface area contributed by atoms with E-state index in [9.17, 15) is 0 Å². The largest absolute Gasteiger partial charge is 0.399 e. The van der Waals surface area contributed by atoms with Crippen molar-refractivity contribution in [2.45, 2.75) is 6.54 Å². The topological polar surface area (TPSA) is 90.1 Å². The SMILES string of the molecule is Cl.Nc1ccc(NCc2cc(N)cc(N)c2)cc1. The number of nitrogens with two attached hydrogens (primary N) is 3. The molecule has 2 rings (SSSR count). The zero-order valence-electron chi connectivity index (χ0n) is 9.89. The number of nitrogen functional groups attached to an aromatic ring is 3. The van der Waals surface area contributed by atoms with Gasteiger partial charge in [0, 0.05) is 29.3 Å². The van der Waals surface area contributed by atoms with Crippen molar-refractivity contribution in [3.05, 3.63) is 48.0 Å². The van der Waals surface area contributed by atoms with Crippen molar-refractivity contribution in [1.29, 1.82) is 0 Å². The molecule has 2 aromatic rings. The Balaban J connectivity index is 0.00000162. The lowest BCUT2D eigenvalue weighted by Crippen LogP contribution is -2.01. The van der Waals surface area contributed by atoms with E-state index in [-0.39, 0.29) is 12.4 Å². The smallest absolute Gasteiger partial charge is 0.0402 e. The van der Waals surface area contributed by atoms with Gasteiger partial charge in [-0.05, 0) is 48.0 Å². The van der Waals surface area contributed by atoms with Gasteiger partial charge in [0.05, 0.1) is 0 Å². The Morgan fingerprint density at radius 3 is 1.89 bits per heavy atom. The second-order valence-corrected chi connectivity index (χ2v) is 3.98. The second-order valence-electron chi connectivity index (χ2n) is 3.98. The van der Waals surface area contributed by atoms with Crippen LogP contribution >= 0.6 is 12.4 Å². The zero-order valence-corrected chi connectivity index (χ0v) is 10.7. The maximum atomic E-state index is 5.72. The van der Waals surface area contributed by atoms with Crippen LogP contribution < -0.4 is 22.5 Å². The quantitative estimate of drug-likeness (QED) is 0.641. The summed E-state index contributed by atoms with van der Waals surface area (Å²) in [6.07, 6.45) is 0. The van der Waals surface area contributed by atoms with Crippen molar-refractivity contribution in [1.82, 2.24) is 0 Å². The van der Waals surface area contributed by atoms with Gasteiger partial charge in [0.15, 0.2) is 0 Å². The molecular formula is C13H17ClN4. The Labute approximate surface area is 113 Å². The van der Waals surface area contributed by atoms with Crippen molar-refractivity contribution in [3.63, 3.8) is 0 Å². The van der Waals surface area contributed by atoms with Gasteiger partial charge in [-0.15, -0.1) is 12.4 Å². The second kappa shape index (κ2) is 6.02. The van der Waals surface area contributed by atoms with Crippen molar-refractivity contribution in [2.24, 2.45) is 0 Å². The molecule has 96 valence electrons. The van der Waals surface area contributed by atoms with Gasteiger partial charge in [-0.25, -0.2) is 0 Å². The number of benzene rings is 2. The Hall–Kier alpha value is -2.07. The Kier molecular flexibility index (Phi) is 4.68. The van der Waals surface area contributed by atoms with Crippen LogP contribution in [-0.2, 0) is 6.54 Å². The van der Waals surface area contributed by atoms with E-state index in [1.54, 1.807) is 6.07 Å². The fourth-order valence-electron chi connectivity index (χ4n) is 1.65. The zero-order chi connectivity index (χ0) is 12.3. The summed E-state index contributed by atoms with van der Waals surface area (Å²) in [7, 11) is 0. The fourth-order valence-corrected chi connectivity index (χ4v) is 1.65. The predicted octanol–water partition coefficient (Wildman–Crippen LogP) is 2.47. The molecule has 0 unspecified atom stereocenters. The summed E-state index contributed by atoms with van der Waals surface area (Å²) in [5, 5.41) is 3.28. The Morgan fingerprint density at radius 2 is 1.33 bits per heavy atom. The summed E-state index contributed by atoms with van der Waals surface area (Å²) in [5.41, 5.74) is 21.2. The highest BCUT2D eigenvalue weighted by Crippen LogP contribution is 2.16. The van der Waals surface area contributed by atoms with E-state index < -0.39 is 0 Å². The molecule has 0 fully saturated rings. The van der Waals surface area contributed by atoms with Crippen molar-refractivity contribution in [2.75, 3.05) is 22.5 Å². The first-order chi connectivity index (χ1) is 8.13. The van der Waals surface area contributed by atoms with Crippen LogP contribution in [0.4, 0.5) is 22.7 Å². The van der Waals surface area contributed by atoms with Gasteiger partial charge in [0.25, 0.3) is 0 Å². The molecule has 0 aliphatic carbocycles. The molecule has 18 heavy (non-hydrogen) atoms. The van der Waals surface area contributed by atoms with Crippen LogP contribution in [0.15, 0.2) is 42.5 Å². The maximum absolute atomic E-state index is 5.72. The number of rotatable bonds is 3. The first-order valence-corrected chi connectivity index (χ1v) is 5.38. The van der Waals surface area contributed by atoms with Gasteiger partial charge < -0.3 is 22.5 Å². The number of hydrogen-bond donors (Lipinski definition) is 4. The van der Waals surface area contributed by atoms with Crippen molar-refractivity contribution in [3.8, 4) is 0 Å². The van der Waals surface area contributed by atoms with Crippen LogP contribution in [0.1, 0.15) is 5.56 Å². The summed E-state index contributed by atoms with van der Waals surface area (Å²) in [4.78, 5) is 0. The molecular weight excluding hydrogens is 248 g/mol. The highest BCUT2D eigenvalue weighted by Gasteiger charge is 1.97. The van der Waals surface area contributed by atoms with Crippen LogP contribution in [0.25, 0.3) is 0 Å². The summed E-state index contributed by atoms with van der Waals surface area (Å²) in [6.45, 7) is 0.680. The maximum Gasteiger partial charge on any atom is 0.0402 e. The van der Waals surface area contributed by atoms with Crippen molar-refractivity contribution >= 4 is 35.2 Å². The highest BCUT2D eigenvalue weighted by atomic mass is 35.5. The molecule has 2 aromatic carbocycles. The molecule has 0 bridgehead atoms. The van der Waals surface area contributed by atoms with Crippen LogP contribution in [0, 0.1) is 0 Å². The van der Waals surface area contributed by atoms with Gasteiger partial charge in [-0.2, -0.15) is 0 Å². The average Bonchev–Trinajstić information content (AvgIpc) is 2.27. The summed E-state index contributed by atoms with van der Waals surface area (Å²) >= 11 is 0. The number of halogens is 1. The summed E-state index contributed by atoms with van der Waals surface area (Å²) in [6, 6.07) is 13.1. The third kappa shape index (κ3) is 3.75. The van der Waals surface area contributed by atoms with Gasteiger partial charge in [0.1, 0.15) is 0 Å². The summed E-state index contributed by atoms with van der Waals surface area (Å²) < 4.78 is 0. The number of hydrogen-bond acceptors (Lipinski definition) is 4. The molecule has 0 amide bonds. The minimum Gasteiger partial charge on any atom is -0.399 e. The molecule has 7 N–H and O–H groups in total. The first kappa shape index (κ1) is 14.0. The van der Waals surface area contributed by atoms with E-state index >= 15 is 0 Å². The van der Waals surface area contributed by atoms with Gasteiger partial charge >= 0.3 is 0 Å². The molecule has 4 nitrogen and oxygen atoms in total. The lowest BCUT2D eigenvalue weighted by atomic mass is 10.1. The standard InChI is InChI=1S/C13H16N4.ClH/c14-10-1-3-13(4-2-10)17-8-9-5-11(15)7-12(16)6-9;/h1-7,17H,8,14-16H2;1H. The van der Waals surface area contributed by atoms with Crippen LogP contribution in [0.5, 0.6) is 0 Å². The Bertz CT molecular complexity index is 491. The third-order valence-corrected chi connectivity index (χ3v) is 2.44. The monoisotopic (exact) mass is 264 g/mol. The van der Waals surface area contributed by atoms with Gasteiger partial charge in [-0.3, -0.25) is 0 Å². The van der Waals surface area contributed by atoms with Gasteiger partial charge in [0.2, 0.25) is 0 Å². The van der Waals surface area contributed by atoms with Gasteiger partial charge in [-0.1, -0.05) is 0 Å². The predicted molar refractivity (Wildman–Crippen MR) is 80.7 cm³/mol. The molecule has 0 radical (unpaired) electrons. The molecule has 0 aromatic heterocycles. The Morgan fingerprint density at radius 1 is 0.778 bits per heavy atom. The molecule has 0 aliphatic heterocycles. The normalized spacial score (nSPS) is 9.56. The lowest BCUT2D eigenvalue weighted by molar-refractivity contribution is 1.15. The lowest BCUT2D eigenvalue weighted by Gasteiger charge is -2.08. The highest BCUT2D eigenvalue weighted by molar-refractivity contribution is 5.85. The minimum absolute atomic E-state index is 0. The number of anilines is 4. The molecule has 0 saturated carbocycles. The van der Waals surface area contributed by atoms with Crippen molar-refractivity contribution < 1.29 is 0 Å². The van der Waals surface area contributed by atoms with E-state index in [1.807, 2.05) is 36.4 Å². The molecule has 0 aliphatic rings. The van der Waals surface area contributed by atoms with E-state index in [4.69, 9.17) is 17.2 Å². The summed E-state index contributed by atoms with van der Waals surface area (Å²) in [5.74, 6) is 0. The van der Waals surface area contributed by atoms with Crippen LogP contribution in [0.2, 0.25) is 0 Å². The molecule has 0 heterocycles. The van der Waals surface area contributed by atoms with E-state index in [0.29, 0.717) is 17.9 Å².